The number of hydrogen-bond donors (Lipinski definition) is 1. The Kier molecular flexibility index (Phi) is 6.42. The van der Waals surface area contributed by atoms with Crippen molar-refractivity contribution in [1.29, 1.82) is 0 Å². The average molecular weight is 404 g/mol. The van der Waals surface area contributed by atoms with Gasteiger partial charge >= 0.3 is 6.03 Å². The molecule has 3 heterocycles. The van der Waals surface area contributed by atoms with Crippen LogP contribution in [0.5, 0.6) is 0 Å². The van der Waals surface area contributed by atoms with Crippen LogP contribution in [0.15, 0.2) is 61.1 Å². The first-order chi connectivity index (χ1) is 14.7. The zero-order valence-corrected chi connectivity index (χ0v) is 17.5. The lowest BCUT2D eigenvalue weighted by molar-refractivity contribution is 0.159. The predicted molar refractivity (Wildman–Crippen MR) is 118 cm³/mol. The fraction of sp³-hybridized carbons (Fsp3) is 0.375. The third-order valence-corrected chi connectivity index (χ3v) is 5.75. The van der Waals surface area contributed by atoms with Gasteiger partial charge in [0, 0.05) is 56.0 Å². The van der Waals surface area contributed by atoms with E-state index in [0.717, 1.165) is 56.0 Å². The van der Waals surface area contributed by atoms with Gasteiger partial charge in [-0.25, -0.2) is 9.78 Å². The van der Waals surface area contributed by atoms with E-state index in [1.54, 1.807) is 6.20 Å². The maximum absolute atomic E-state index is 12.7. The first-order valence-corrected chi connectivity index (χ1v) is 10.7. The normalized spacial score (nSPS) is 16.4. The highest BCUT2D eigenvalue weighted by atomic mass is 16.2. The zero-order valence-electron chi connectivity index (χ0n) is 17.5. The van der Waals surface area contributed by atoms with Gasteiger partial charge in [0.05, 0.1) is 0 Å². The maximum Gasteiger partial charge on any atom is 0.317 e. The van der Waals surface area contributed by atoms with E-state index < -0.39 is 0 Å². The van der Waals surface area contributed by atoms with E-state index >= 15 is 0 Å². The molecule has 6 heteroatoms. The van der Waals surface area contributed by atoms with E-state index in [-0.39, 0.29) is 6.03 Å². The quantitative estimate of drug-likeness (QED) is 0.679. The highest BCUT2D eigenvalue weighted by Gasteiger charge is 2.25. The molecule has 1 aliphatic heterocycles. The monoisotopic (exact) mass is 403 g/mol. The summed E-state index contributed by atoms with van der Waals surface area (Å²) < 4.78 is 2.26. The molecule has 1 aromatic carbocycles. The Morgan fingerprint density at radius 1 is 1.17 bits per heavy atom. The molecule has 156 valence electrons. The molecule has 6 nitrogen and oxygen atoms in total. The van der Waals surface area contributed by atoms with Crippen molar-refractivity contribution in [2.45, 2.75) is 32.7 Å². The number of hydrogen-bond acceptors (Lipinski definition) is 3. The summed E-state index contributed by atoms with van der Waals surface area (Å²) >= 11 is 0. The lowest BCUT2D eigenvalue weighted by atomic mass is 9.98. The third kappa shape index (κ3) is 4.87. The van der Waals surface area contributed by atoms with Gasteiger partial charge in [-0.1, -0.05) is 30.3 Å². The third-order valence-electron chi connectivity index (χ3n) is 5.75. The number of likely N-dealkylation sites (tertiary alicyclic amines) is 1. The first-order valence-electron chi connectivity index (χ1n) is 10.7. The van der Waals surface area contributed by atoms with Crippen molar-refractivity contribution in [2.24, 2.45) is 5.92 Å². The van der Waals surface area contributed by atoms with E-state index in [1.807, 2.05) is 47.6 Å². The second kappa shape index (κ2) is 9.57. The molecule has 1 saturated heterocycles. The molecule has 0 spiro atoms. The number of amides is 2. The second-order valence-electron chi connectivity index (χ2n) is 8.00. The lowest BCUT2D eigenvalue weighted by Gasteiger charge is -2.33. The van der Waals surface area contributed by atoms with Crippen LogP contribution in [0.1, 0.15) is 24.1 Å². The minimum atomic E-state index is 0.0467. The minimum absolute atomic E-state index is 0.0467. The standard InChI is InChI=1S/C24H29N5O/c1-19-15-27-23(22-10-5-12-25-16-22)29(19)18-21-9-6-14-28(17-21)24(30)26-13-11-20-7-3-2-4-8-20/h2-5,7-8,10,12,15-16,21H,6,9,11,13-14,17-18H2,1H3,(H,26,30). The molecule has 30 heavy (non-hydrogen) atoms. The minimum Gasteiger partial charge on any atom is -0.338 e. The molecule has 0 bridgehead atoms. The molecule has 4 rings (SSSR count). The van der Waals surface area contributed by atoms with Gasteiger partial charge < -0.3 is 14.8 Å². The van der Waals surface area contributed by atoms with Crippen molar-refractivity contribution in [3.05, 3.63) is 72.3 Å². The number of imidazole rings is 1. The van der Waals surface area contributed by atoms with Crippen molar-refractivity contribution in [3.8, 4) is 11.4 Å². The van der Waals surface area contributed by atoms with Crippen molar-refractivity contribution in [2.75, 3.05) is 19.6 Å². The largest absolute Gasteiger partial charge is 0.338 e. The SMILES string of the molecule is Cc1cnc(-c2cccnc2)n1CC1CCCN(C(=O)NCCc2ccccc2)C1. The highest BCUT2D eigenvalue weighted by molar-refractivity contribution is 5.74. The van der Waals surface area contributed by atoms with Crippen molar-refractivity contribution in [1.82, 2.24) is 24.8 Å². The topological polar surface area (TPSA) is 63.1 Å². The van der Waals surface area contributed by atoms with E-state index in [1.165, 1.54) is 5.56 Å². The van der Waals surface area contributed by atoms with Gasteiger partial charge in [-0.15, -0.1) is 0 Å². The molecule has 1 fully saturated rings. The second-order valence-corrected chi connectivity index (χ2v) is 8.00. The number of piperidine rings is 1. The molecule has 1 atom stereocenters. The summed E-state index contributed by atoms with van der Waals surface area (Å²) in [5.74, 6) is 1.37. The molecule has 1 unspecified atom stereocenters. The lowest BCUT2D eigenvalue weighted by Crippen LogP contribution is -2.46. The molecule has 2 amide bonds. The van der Waals surface area contributed by atoms with E-state index in [9.17, 15) is 4.79 Å². The van der Waals surface area contributed by atoms with Gasteiger partial charge in [-0.3, -0.25) is 4.98 Å². The molecule has 0 radical (unpaired) electrons. The number of aryl methyl sites for hydroxylation is 1. The number of benzene rings is 1. The van der Waals surface area contributed by atoms with Crippen LogP contribution < -0.4 is 5.32 Å². The number of carbonyl (C=O) groups excluding carboxylic acids is 1. The van der Waals surface area contributed by atoms with Crippen LogP contribution in [0.2, 0.25) is 0 Å². The zero-order chi connectivity index (χ0) is 20.8. The number of nitrogens with one attached hydrogen (secondary N) is 1. The summed E-state index contributed by atoms with van der Waals surface area (Å²) in [6.07, 6.45) is 8.56. The van der Waals surface area contributed by atoms with Gasteiger partial charge in [0.2, 0.25) is 0 Å². The molecule has 0 saturated carbocycles. The summed E-state index contributed by atoms with van der Waals surface area (Å²) in [7, 11) is 0. The maximum atomic E-state index is 12.7. The smallest absolute Gasteiger partial charge is 0.317 e. The predicted octanol–water partition coefficient (Wildman–Crippen LogP) is 3.92. The van der Waals surface area contributed by atoms with Crippen LogP contribution in [0, 0.1) is 12.8 Å². The van der Waals surface area contributed by atoms with Gasteiger partial charge in [0.15, 0.2) is 0 Å². The molecule has 1 N–H and O–H groups in total. The molecule has 0 aliphatic carbocycles. The molecule has 3 aromatic rings. The van der Waals surface area contributed by atoms with Crippen LogP contribution in [0.4, 0.5) is 4.79 Å². The van der Waals surface area contributed by atoms with E-state index in [2.05, 4.69) is 38.9 Å². The summed E-state index contributed by atoms with van der Waals surface area (Å²) in [5.41, 5.74) is 3.41. The van der Waals surface area contributed by atoms with Gasteiger partial charge in [-0.05, 0) is 49.8 Å². The summed E-state index contributed by atoms with van der Waals surface area (Å²) in [6, 6.07) is 14.3. The molecular weight excluding hydrogens is 374 g/mol. The Morgan fingerprint density at radius 3 is 2.83 bits per heavy atom. The van der Waals surface area contributed by atoms with Gasteiger partial charge in [0.1, 0.15) is 5.82 Å². The Labute approximate surface area is 178 Å². The Bertz CT molecular complexity index is 954. The van der Waals surface area contributed by atoms with Crippen LogP contribution in [-0.2, 0) is 13.0 Å². The van der Waals surface area contributed by atoms with E-state index in [0.29, 0.717) is 12.5 Å². The van der Waals surface area contributed by atoms with Crippen LogP contribution >= 0.6 is 0 Å². The summed E-state index contributed by atoms with van der Waals surface area (Å²) in [4.78, 5) is 23.5. The van der Waals surface area contributed by atoms with Crippen molar-refractivity contribution >= 4 is 6.03 Å². The number of pyridine rings is 1. The summed E-state index contributed by atoms with van der Waals surface area (Å²) in [5, 5.41) is 3.09. The van der Waals surface area contributed by atoms with E-state index in [4.69, 9.17) is 0 Å². The molecule has 1 aliphatic rings. The van der Waals surface area contributed by atoms with Gasteiger partial charge in [-0.2, -0.15) is 0 Å². The number of urea groups is 1. The fourth-order valence-electron chi connectivity index (χ4n) is 4.14. The summed E-state index contributed by atoms with van der Waals surface area (Å²) in [6.45, 7) is 5.22. The Balaban J connectivity index is 1.34. The highest BCUT2D eigenvalue weighted by Crippen LogP contribution is 2.24. The van der Waals surface area contributed by atoms with Crippen LogP contribution in [0.3, 0.4) is 0 Å². The number of carbonyl (C=O) groups is 1. The first kappa shape index (κ1) is 20.1. The van der Waals surface area contributed by atoms with Crippen LogP contribution in [-0.4, -0.2) is 45.1 Å². The van der Waals surface area contributed by atoms with Gasteiger partial charge in [0.25, 0.3) is 0 Å². The average Bonchev–Trinajstić information content (AvgIpc) is 3.15. The van der Waals surface area contributed by atoms with Crippen LogP contribution in [0.25, 0.3) is 11.4 Å². The molecule has 2 aromatic heterocycles. The van der Waals surface area contributed by atoms with Crippen molar-refractivity contribution in [3.63, 3.8) is 0 Å². The Hall–Kier alpha value is -3.15. The number of rotatable bonds is 6. The van der Waals surface area contributed by atoms with Crippen molar-refractivity contribution < 1.29 is 4.79 Å². The Morgan fingerprint density at radius 2 is 2.03 bits per heavy atom. The number of aromatic nitrogens is 3. The fourth-order valence-corrected chi connectivity index (χ4v) is 4.14. The molecular formula is C24H29N5O. The number of nitrogens with zero attached hydrogens (tertiary/aromatic N) is 4.